The molecule has 0 aromatic carbocycles. The molecule has 0 saturated heterocycles. The first-order chi connectivity index (χ1) is 11.1. The summed E-state index contributed by atoms with van der Waals surface area (Å²) in [6.45, 7) is 3.60. The Morgan fingerprint density at radius 3 is 2.39 bits per heavy atom. The summed E-state index contributed by atoms with van der Waals surface area (Å²) in [7, 11) is 0. The number of amides is 1. The third kappa shape index (κ3) is 16.6. The van der Waals surface area contributed by atoms with Crippen LogP contribution in [0.25, 0.3) is 0 Å². The Kier molecular flexibility index (Phi) is 14.2. The van der Waals surface area contributed by atoms with Crippen LogP contribution in [0.15, 0.2) is 0 Å². The number of rotatable bonds is 15. The van der Waals surface area contributed by atoms with Gasteiger partial charge in [0.05, 0.1) is 13.0 Å². The Labute approximate surface area is 137 Å². The van der Waals surface area contributed by atoms with Gasteiger partial charge in [0.25, 0.3) is 0 Å². The van der Waals surface area contributed by atoms with Gasteiger partial charge in [0.1, 0.15) is 6.61 Å². The van der Waals surface area contributed by atoms with E-state index in [4.69, 9.17) is 14.6 Å². The molecular formula is C16H29NO6. The van der Waals surface area contributed by atoms with Crippen LogP contribution in [0.1, 0.15) is 58.3 Å². The number of hydrogen-bond acceptors (Lipinski definition) is 5. The van der Waals surface area contributed by atoms with E-state index in [1.54, 1.807) is 0 Å². The van der Waals surface area contributed by atoms with Crippen molar-refractivity contribution >= 4 is 17.8 Å². The summed E-state index contributed by atoms with van der Waals surface area (Å²) < 4.78 is 10.3. The standard InChI is InChI=1S/C16H29NO6/c1-2-3-4-5-7-16(21)23-13-12-22-11-6-10-17-14(18)8-9-15(19)20/h2-13H2,1H3,(H,17,18)(H,19,20). The highest BCUT2D eigenvalue weighted by molar-refractivity contribution is 5.80. The molecule has 0 aromatic rings. The average molecular weight is 331 g/mol. The van der Waals surface area contributed by atoms with E-state index < -0.39 is 5.97 Å². The molecule has 0 radical (unpaired) electrons. The zero-order valence-corrected chi connectivity index (χ0v) is 14.0. The number of ether oxygens (including phenoxy) is 2. The fourth-order valence-electron chi connectivity index (χ4n) is 1.80. The van der Waals surface area contributed by atoms with Crippen LogP contribution < -0.4 is 5.32 Å². The third-order valence-corrected chi connectivity index (χ3v) is 3.08. The first kappa shape index (κ1) is 21.4. The van der Waals surface area contributed by atoms with Crippen molar-refractivity contribution in [3.8, 4) is 0 Å². The molecular weight excluding hydrogens is 302 g/mol. The smallest absolute Gasteiger partial charge is 0.305 e. The van der Waals surface area contributed by atoms with Gasteiger partial charge >= 0.3 is 11.9 Å². The molecule has 7 heteroatoms. The van der Waals surface area contributed by atoms with Crippen LogP contribution in [0.4, 0.5) is 0 Å². The lowest BCUT2D eigenvalue weighted by atomic mass is 10.2. The number of nitrogens with one attached hydrogen (secondary N) is 1. The number of esters is 1. The molecule has 2 N–H and O–H groups in total. The quantitative estimate of drug-likeness (QED) is 0.351. The molecule has 0 heterocycles. The number of unbranched alkanes of at least 4 members (excludes halogenated alkanes) is 3. The zero-order valence-electron chi connectivity index (χ0n) is 14.0. The summed E-state index contributed by atoms with van der Waals surface area (Å²) in [5.74, 6) is -1.44. The Morgan fingerprint density at radius 2 is 1.70 bits per heavy atom. The van der Waals surface area contributed by atoms with E-state index in [0.29, 0.717) is 32.6 Å². The van der Waals surface area contributed by atoms with Gasteiger partial charge in [-0.15, -0.1) is 0 Å². The number of carbonyl (C=O) groups is 3. The van der Waals surface area contributed by atoms with Crippen molar-refractivity contribution in [2.75, 3.05) is 26.4 Å². The summed E-state index contributed by atoms with van der Waals surface area (Å²) in [6, 6.07) is 0. The van der Waals surface area contributed by atoms with Gasteiger partial charge in [-0.1, -0.05) is 26.2 Å². The minimum Gasteiger partial charge on any atom is -0.481 e. The van der Waals surface area contributed by atoms with Gasteiger partial charge < -0.3 is 19.9 Å². The van der Waals surface area contributed by atoms with Crippen LogP contribution in [-0.2, 0) is 23.9 Å². The lowest BCUT2D eigenvalue weighted by Gasteiger charge is -2.07. The number of hydrogen-bond donors (Lipinski definition) is 2. The van der Waals surface area contributed by atoms with Gasteiger partial charge in [-0.3, -0.25) is 14.4 Å². The van der Waals surface area contributed by atoms with E-state index in [1.165, 1.54) is 0 Å². The van der Waals surface area contributed by atoms with Gasteiger partial charge in [0.2, 0.25) is 5.91 Å². The number of carboxylic acids is 1. The first-order valence-electron chi connectivity index (χ1n) is 8.28. The summed E-state index contributed by atoms with van der Waals surface area (Å²) in [4.78, 5) is 32.9. The van der Waals surface area contributed by atoms with Gasteiger partial charge in [0.15, 0.2) is 0 Å². The van der Waals surface area contributed by atoms with Gasteiger partial charge in [-0.25, -0.2) is 0 Å². The van der Waals surface area contributed by atoms with Crippen molar-refractivity contribution in [1.29, 1.82) is 0 Å². The molecule has 0 aromatic heterocycles. The maximum atomic E-state index is 11.4. The summed E-state index contributed by atoms with van der Waals surface area (Å²) >= 11 is 0. The highest BCUT2D eigenvalue weighted by atomic mass is 16.6. The van der Waals surface area contributed by atoms with Crippen molar-refractivity contribution < 1.29 is 29.0 Å². The molecule has 0 saturated carbocycles. The third-order valence-electron chi connectivity index (χ3n) is 3.08. The van der Waals surface area contributed by atoms with Crippen LogP contribution in [0.5, 0.6) is 0 Å². The fourth-order valence-corrected chi connectivity index (χ4v) is 1.80. The molecule has 0 aliphatic rings. The number of carboxylic acid groups (broad SMARTS) is 1. The van der Waals surface area contributed by atoms with Gasteiger partial charge in [-0.2, -0.15) is 0 Å². The van der Waals surface area contributed by atoms with Crippen molar-refractivity contribution in [3.63, 3.8) is 0 Å². The molecule has 134 valence electrons. The number of aliphatic carboxylic acids is 1. The minimum absolute atomic E-state index is 0.00953. The van der Waals surface area contributed by atoms with Crippen LogP contribution in [0.3, 0.4) is 0 Å². The molecule has 1 amide bonds. The summed E-state index contributed by atoms with van der Waals surface area (Å²) in [6.07, 6.45) is 5.13. The SMILES string of the molecule is CCCCCCC(=O)OCCOCCCNC(=O)CCC(=O)O. The van der Waals surface area contributed by atoms with E-state index in [0.717, 1.165) is 25.7 Å². The van der Waals surface area contributed by atoms with E-state index >= 15 is 0 Å². The van der Waals surface area contributed by atoms with Crippen LogP contribution in [0, 0.1) is 0 Å². The Morgan fingerprint density at radius 1 is 0.913 bits per heavy atom. The molecule has 0 unspecified atom stereocenters. The lowest BCUT2D eigenvalue weighted by molar-refractivity contribution is -0.145. The molecule has 23 heavy (non-hydrogen) atoms. The minimum atomic E-state index is -0.983. The Hall–Kier alpha value is -1.63. The molecule has 0 aliphatic carbocycles. The van der Waals surface area contributed by atoms with Crippen molar-refractivity contribution in [2.24, 2.45) is 0 Å². The largest absolute Gasteiger partial charge is 0.481 e. The normalized spacial score (nSPS) is 10.3. The molecule has 0 atom stereocenters. The van der Waals surface area contributed by atoms with Gasteiger partial charge in [0, 0.05) is 26.0 Å². The van der Waals surface area contributed by atoms with Crippen LogP contribution in [-0.4, -0.2) is 49.3 Å². The summed E-state index contributed by atoms with van der Waals surface area (Å²) in [5, 5.41) is 11.0. The van der Waals surface area contributed by atoms with Gasteiger partial charge in [-0.05, 0) is 12.8 Å². The lowest BCUT2D eigenvalue weighted by Crippen LogP contribution is -2.25. The van der Waals surface area contributed by atoms with E-state index in [9.17, 15) is 14.4 Å². The second kappa shape index (κ2) is 15.3. The maximum absolute atomic E-state index is 11.4. The topological polar surface area (TPSA) is 102 Å². The predicted molar refractivity (Wildman–Crippen MR) is 85.0 cm³/mol. The van der Waals surface area contributed by atoms with E-state index in [2.05, 4.69) is 12.2 Å². The Bertz CT molecular complexity index is 345. The van der Waals surface area contributed by atoms with E-state index in [1.807, 2.05) is 0 Å². The van der Waals surface area contributed by atoms with Crippen LogP contribution in [0.2, 0.25) is 0 Å². The molecule has 0 spiro atoms. The second-order valence-electron chi connectivity index (χ2n) is 5.24. The summed E-state index contributed by atoms with van der Waals surface area (Å²) in [5.41, 5.74) is 0. The molecule has 7 nitrogen and oxygen atoms in total. The monoisotopic (exact) mass is 331 g/mol. The number of carbonyl (C=O) groups excluding carboxylic acids is 2. The zero-order chi connectivity index (χ0) is 17.3. The second-order valence-corrected chi connectivity index (χ2v) is 5.24. The predicted octanol–water partition coefficient (Wildman–Crippen LogP) is 1.89. The Balaban J connectivity index is 3.28. The fraction of sp³-hybridized carbons (Fsp3) is 0.812. The van der Waals surface area contributed by atoms with Crippen molar-refractivity contribution in [3.05, 3.63) is 0 Å². The van der Waals surface area contributed by atoms with Crippen molar-refractivity contribution in [2.45, 2.75) is 58.3 Å². The van der Waals surface area contributed by atoms with Crippen LogP contribution >= 0.6 is 0 Å². The first-order valence-corrected chi connectivity index (χ1v) is 8.28. The molecule has 0 fully saturated rings. The molecule has 0 rings (SSSR count). The van der Waals surface area contributed by atoms with E-state index in [-0.39, 0.29) is 31.3 Å². The van der Waals surface area contributed by atoms with Crippen molar-refractivity contribution in [1.82, 2.24) is 5.32 Å². The molecule has 0 bridgehead atoms. The molecule has 0 aliphatic heterocycles. The highest BCUT2D eigenvalue weighted by Gasteiger charge is 2.04. The highest BCUT2D eigenvalue weighted by Crippen LogP contribution is 2.03. The average Bonchev–Trinajstić information content (AvgIpc) is 2.52. The maximum Gasteiger partial charge on any atom is 0.305 e.